The number of fused-ring (bicyclic) bond motifs is 1. The molecule has 5 aromatic rings. The minimum absolute atomic E-state index is 0.199. The van der Waals surface area contributed by atoms with Crippen LogP contribution in [0.3, 0.4) is 0 Å². The topological polar surface area (TPSA) is 76.3 Å². The summed E-state index contributed by atoms with van der Waals surface area (Å²) in [6, 6.07) is 28.0. The first kappa shape index (κ1) is 22.2. The fourth-order valence-corrected chi connectivity index (χ4v) is 4.54. The van der Waals surface area contributed by atoms with E-state index in [1.165, 1.54) is 0 Å². The monoisotopic (exact) mass is 463 g/mol. The van der Waals surface area contributed by atoms with Crippen molar-refractivity contribution in [2.24, 2.45) is 7.05 Å². The van der Waals surface area contributed by atoms with E-state index >= 15 is 0 Å². The Morgan fingerprint density at radius 1 is 0.886 bits per heavy atom. The van der Waals surface area contributed by atoms with E-state index in [0.29, 0.717) is 5.69 Å². The lowest BCUT2D eigenvalue weighted by Crippen LogP contribution is -2.43. The van der Waals surface area contributed by atoms with E-state index in [9.17, 15) is 14.7 Å². The predicted octanol–water partition coefficient (Wildman–Crippen LogP) is 5.06. The maximum atomic E-state index is 13.6. The van der Waals surface area contributed by atoms with Gasteiger partial charge in [-0.05, 0) is 41.5 Å². The second-order valence-electron chi connectivity index (χ2n) is 8.49. The highest BCUT2D eigenvalue weighted by molar-refractivity contribution is 6.11. The third-order valence-corrected chi connectivity index (χ3v) is 6.25. The average molecular weight is 464 g/mol. The lowest BCUT2D eigenvalue weighted by Gasteiger charge is -2.16. The molecule has 35 heavy (non-hydrogen) atoms. The van der Waals surface area contributed by atoms with Crippen molar-refractivity contribution in [3.8, 4) is 16.8 Å². The molecule has 0 spiro atoms. The van der Waals surface area contributed by atoms with Gasteiger partial charge in [-0.3, -0.25) is 4.79 Å². The highest BCUT2D eigenvalue weighted by atomic mass is 16.4. The summed E-state index contributed by atoms with van der Waals surface area (Å²) < 4.78 is 3.86. The first-order valence-corrected chi connectivity index (χ1v) is 11.4. The van der Waals surface area contributed by atoms with Crippen LogP contribution >= 0.6 is 0 Å². The summed E-state index contributed by atoms with van der Waals surface area (Å²) in [6.07, 6.45) is 4.15. The summed E-state index contributed by atoms with van der Waals surface area (Å²) >= 11 is 0. The summed E-state index contributed by atoms with van der Waals surface area (Å²) in [4.78, 5) is 25.7. The molecule has 0 fully saturated rings. The van der Waals surface area contributed by atoms with Crippen molar-refractivity contribution in [1.82, 2.24) is 14.5 Å². The van der Waals surface area contributed by atoms with E-state index in [0.717, 1.165) is 33.3 Å². The minimum Gasteiger partial charge on any atom is -0.480 e. The molecule has 6 heteroatoms. The van der Waals surface area contributed by atoms with Crippen LogP contribution in [0.5, 0.6) is 0 Å². The van der Waals surface area contributed by atoms with Crippen molar-refractivity contribution in [2.75, 3.05) is 0 Å². The first-order chi connectivity index (χ1) is 17.0. The lowest BCUT2D eigenvalue weighted by atomic mass is 10.0. The zero-order valence-corrected chi connectivity index (χ0v) is 19.3. The molecule has 174 valence electrons. The van der Waals surface area contributed by atoms with Gasteiger partial charge in [0.25, 0.3) is 5.91 Å². The zero-order valence-electron chi connectivity index (χ0n) is 19.3. The van der Waals surface area contributed by atoms with Gasteiger partial charge in [-0.2, -0.15) is 0 Å². The number of amides is 1. The number of carbonyl (C=O) groups excluding carboxylic acids is 1. The summed E-state index contributed by atoms with van der Waals surface area (Å²) in [5.74, 6) is -1.49. The van der Waals surface area contributed by atoms with Crippen molar-refractivity contribution in [3.63, 3.8) is 0 Å². The van der Waals surface area contributed by atoms with Crippen LogP contribution in [0.2, 0.25) is 0 Å². The number of benzene rings is 3. The van der Waals surface area contributed by atoms with E-state index in [1.807, 2.05) is 114 Å². The van der Waals surface area contributed by atoms with Crippen LogP contribution < -0.4 is 5.32 Å². The summed E-state index contributed by atoms with van der Waals surface area (Å²) in [6.45, 7) is 0. The molecule has 3 aromatic carbocycles. The molecule has 0 saturated carbocycles. The van der Waals surface area contributed by atoms with E-state index < -0.39 is 17.9 Å². The SMILES string of the molecule is Cn1c(C(=O)NC(Cc2ccccc2)C(=O)O)c(-c2ccccc2)c2cc(-n3cccc3)ccc21. The maximum Gasteiger partial charge on any atom is 0.326 e. The predicted molar refractivity (Wildman–Crippen MR) is 137 cm³/mol. The van der Waals surface area contributed by atoms with Gasteiger partial charge in [-0.1, -0.05) is 60.7 Å². The van der Waals surface area contributed by atoms with Crippen LogP contribution in [0.4, 0.5) is 0 Å². The van der Waals surface area contributed by atoms with Gasteiger partial charge >= 0.3 is 5.97 Å². The molecule has 0 aliphatic carbocycles. The number of carboxylic acid groups (broad SMARTS) is 1. The lowest BCUT2D eigenvalue weighted by molar-refractivity contribution is -0.139. The molecule has 0 aliphatic heterocycles. The summed E-state index contributed by atoms with van der Waals surface area (Å²) in [5.41, 5.74) is 4.80. The van der Waals surface area contributed by atoms with Crippen LogP contribution in [-0.4, -0.2) is 32.2 Å². The number of carbonyl (C=O) groups is 2. The van der Waals surface area contributed by atoms with Crippen LogP contribution in [0, 0.1) is 0 Å². The number of hydrogen-bond acceptors (Lipinski definition) is 2. The van der Waals surface area contributed by atoms with Crippen molar-refractivity contribution in [3.05, 3.63) is 115 Å². The highest BCUT2D eigenvalue weighted by Crippen LogP contribution is 2.35. The van der Waals surface area contributed by atoms with Crippen molar-refractivity contribution in [1.29, 1.82) is 0 Å². The van der Waals surface area contributed by atoms with Crippen molar-refractivity contribution >= 4 is 22.8 Å². The largest absolute Gasteiger partial charge is 0.480 e. The van der Waals surface area contributed by atoms with Crippen LogP contribution in [0.25, 0.3) is 27.7 Å². The summed E-state index contributed by atoms with van der Waals surface area (Å²) in [5, 5.41) is 13.5. The van der Waals surface area contributed by atoms with Crippen LogP contribution in [-0.2, 0) is 18.3 Å². The molecule has 2 aromatic heterocycles. The molecule has 2 N–H and O–H groups in total. The maximum absolute atomic E-state index is 13.6. The third kappa shape index (κ3) is 4.34. The molecule has 0 aliphatic rings. The van der Waals surface area contributed by atoms with Gasteiger partial charge in [0, 0.05) is 48.0 Å². The Bertz CT molecular complexity index is 1490. The van der Waals surface area contributed by atoms with E-state index in [1.54, 1.807) is 0 Å². The third-order valence-electron chi connectivity index (χ3n) is 6.25. The Morgan fingerprint density at radius 3 is 2.20 bits per heavy atom. The van der Waals surface area contributed by atoms with E-state index in [2.05, 4.69) is 11.4 Å². The number of hydrogen-bond donors (Lipinski definition) is 2. The minimum atomic E-state index is -1.07. The normalized spacial score (nSPS) is 11.9. The molecular weight excluding hydrogens is 438 g/mol. The standard InChI is InChI=1S/C29H25N3O3/c1-31-25-15-14-22(32-16-8-9-17-32)19-23(25)26(21-12-6-3-7-13-21)27(31)28(33)30-24(29(34)35)18-20-10-4-2-5-11-20/h2-17,19,24H,18H2,1H3,(H,30,33)(H,34,35). The molecule has 1 atom stereocenters. The molecular formula is C29H25N3O3. The highest BCUT2D eigenvalue weighted by Gasteiger charge is 2.27. The van der Waals surface area contributed by atoms with Gasteiger partial charge in [0.15, 0.2) is 0 Å². The van der Waals surface area contributed by atoms with Gasteiger partial charge in [0.2, 0.25) is 0 Å². The Hall–Kier alpha value is -4.58. The molecule has 6 nitrogen and oxygen atoms in total. The van der Waals surface area contributed by atoms with Gasteiger partial charge in [0.05, 0.1) is 0 Å². The summed E-state index contributed by atoms with van der Waals surface area (Å²) in [7, 11) is 1.84. The second-order valence-corrected chi connectivity index (χ2v) is 8.49. The van der Waals surface area contributed by atoms with Crippen molar-refractivity contribution in [2.45, 2.75) is 12.5 Å². The quantitative estimate of drug-likeness (QED) is 0.354. The fourth-order valence-electron chi connectivity index (χ4n) is 4.54. The number of nitrogens with one attached hydrogen (secondary N) is 1. The molecule has 0 bridgehead atoms. The molecule has 1 unspecified atom stereocenters. The Morgan fingerprint density at radius 2 is 1.54 bits per heavy atom. The smallest absolute Gasteiger partial charge is 0.326 e. The van der Waals surface area contributed by atoms with Gasteiger partial charge in [0.1, 0.15) is 11.7 Å². The molecule has 5 rings (SSSR count). The molecule has 2 heterocycles. The molecule has 0 radical (unpaired) electrons. The Kier molecular flexibility index (Phi) is 5.94. The fraction of sp³-hybridized carbons (Fsp3) is 0.103. The Balaban J connectivity index is 1.61. The number of aliphatic carboxylic acids is 1. The van der Waals surface area contributed by atoms with Crippen LogP contribution in [0.1, 0.15) is 16.1 Å². The number of aromatic nitrogens is 2. The van der Waals surface area contributed by atoms with Gasteiger partial charge < -0.3 is 19.6 Å². The van der Waals surface area contributed by atoms with Gasteiger partial charge in [-0.15, -0.1) is 0 Å². The second kappa shape index (κ2) is 9.35. The Labute approximate surface area is 203 Å². The van der Waals surface area contributed by atoms with E-state index in [4.69, 9.17) is 0 Å². The number of aryl methyl sites for hydroxylation is 1. The number of rotatable bonds is 7. The van der Waals surface area contributed by atoms with Crippen LogP contribution in [0.15, 0.2) is 103 Å². The van der Waals surface area contributed by atoms with E-state index in [-0.39, 0.29) is 6.42 Å². The average Bonchev–Trinajstić information content (AvgIpc) is 3.51. The number of nitrogens with zero attached hydrogens (tertiary/aromatic N) is 2. The first-order valence-electron chi connectivity index (χ1n) is 11.4. The molecule has 1 amide bonds. The zero-order chi connectivity index (χ0) is 24.4. The van der Waals surface area contributed by atoms with Crippen molar-refractivity contribution < 1.29 is 14.7 Å². The molecule has 0 saturated heterocycles. The number of carboxylic acids is 1. The van der Waals surface area contributed by atoms with Gasteiger partial charge in [-0.25, -0.2) is 4.79 Å².